The minimum absolute atomic E-state index is 0.0561. The van der Waals surface area contributed by atoms with Gasteiger partial charge in [0.25, 0.3) is 0 Å². The number of H-pyrrole nitrogens is 1. The van der Waals surface area contributed by atoms with Crippen molar-refractivity contribution in [2.24, 2.45) is 0 Å². The van der Waals surface area contributed by atoms with Gasteiger partial charge in [0.05, 0.1) is 0 Å². The van der Waals surface area contributed by atoms with Gasteiger partial charge in [0.2, 0.25) is 5.91 Å². The second-order valence-electron chi connectivity index (χ2n) is 5.64. The van der Waals surface area contributed by atoms with Crippen molar-refractivity contribution in [3.05, 3.63) is 66.1 Å². The molecule has 1 aliphatic heterocycles. The van der Waals surface area contributed by atoms with Crippen LogP contribution in [0.3, 0.4) is 0 Å². The standard InChI is InChI=1S/C18H17N3OS/c22-17-7-10-23-18(21(17)12-13-5-8-19-9-6-13)15-11-20-16-4-2-1-3-14(15)16/h1-6,8-9,11,18,20H,7,10,12H2. The van der Waals surface area contributed by atoms with E-state index in [2.05, 4.69) is 22.1 Å². The van der Waals surface area contributed by atoms with Gasteiger partial charge in [-0.2, -0.15) is 0 Å². The summed E-state index contributed by atoms with van der Waals surface area (Å²) in [7, 11) is 0. The quantitative estimate of drug-likeness (QED) is 0.799. The van der Waals surface area contributed by atoms with Crippen LogP contribution in [0.4, 0.5) is 0 Å². The normalized spacial score (nSPS) is 18.5. The van der Waals surface area contributed by atoms with Crippen molar-refractivity contribution in [3.8, 4) is 0 Å². The minimum atomic E-state index is 0.0561. The number of amides is 1. The SMILES string of the molecule is O=C1CCSC(c2c[nH]c3ccccc23)N1Cc1ccncc1. The van der Waals surface area contributed by atoms with E-state index in [0.29, 0.717) is 13.0 Å². The van der Waals surface area contributed by atoms with E-state index in [1.54, 1.807) is 12.4 Å². The van der Waals surface area contributed by atoms with Crippen molar-refractivity contribution in [3.63, 3.8) is 0 Å². The largest absolute Gasteiger partial charge is 0.361 e. The summed E-state index contributed by atoms with van der Waals surface area (Å²) >= 11 is 1.84. The van der Waals surface area contributed by atoms with Gasteiger partial charge in [0.1, 0.15) is 5.37 Å². The number of nitrogens with zero attached hydrogens (tertiary/aromatic N) is 2. The average molecular weight is 323 g/mol. The summed E-state index contributed by atoms with van der Waals surface area (Å²) in [5.74, 6) is 1.09. The summed E-state index contributed by atoms with van der Waals surface area (Å²) < 4.78 is 0. The molecule has 0 aliphatic carbocycles. The number of pyridine rings is 1. The van der Waals surface area contributed by atoms with Gasteiger partial charge < -0.3 is 9.88 Å². The van der Waals surface area contributed by atoms with Crippen LogP contribution in [0.25, 0.3) is 10.9 Å². The number of thioether (sulfide) groups is 1. The molecular weight excluding hydrogens is 306 g/mol. The van der Waals surface area contributed by atoms with Crippen LogP contribution >= 0.6 is 11.8 Å². The molecule has 5 heteroatoms. The van der Waals surface area contributed by atoms with Crippen molar-refractivity contribution in [1.29, 1.82) is 0 Å². The number of rotatable bonds is 3. The highest BCUT2D eigenvalue weighted by Gasteiger charge is 2.31. The summed E-state index contributed by atoms with van der Waals surface area (Å²) in [6.45, 7) is 0.624. The van der Waals surface area contributed by atoms with Crippen LogP contribution in [0.5, 0.6) is 0 Å². The summed E-state index contributed by atoms with van der Waals surface area (Å²) in [6, 6.07) is 12.2. The molecule has 116 valence electrons. The van der Waals surface area contributed by atoms with E-state index in [-0.39, 0.29) is 11.3 Å². The van der Waals surface area contributed by atoms with E-state index in [1.165, 1.54) is 10.9 Å². The van der Waals surface area contributed by atoms with Crippen LogP contribution in [-0.2, 0) is 11.3 Å². The Morgan fingerprint density at radius 2 is 2.04 bits per heavy atom. The summed E-state index contributed by atoms with van der Waals surface area (Å²) in [5, 5.41) is 1.25. The fourth-order valence-electron chi connectivity index (χ4n) is 3.03. The van der Waals surface area contributed by atoms with Crippen LogP contribution < -0.4 is 0 Å². The highest BCUT2D eigenvalue weighted by Crippen LogP contribution is 2.41. The van der Waals surface area contributed by atoms with Gasteiger partial charge in [-0.05, 0) is 23.8 Å². The Kier molecular flexibility index (Phi) is 3.79. The van der Waals surface area contributed by atoms with E-state index in [0.717, 1.165) is 16.8 Å². The average Bonchev–Trinajstić information content (AvgIpc) is 3.02. The zero-order chi connectivity index (χ0) is 15.6. The predicted molar refractivity (Wildman–Crippen MR) is 92.9 cm³/mol. The Bertz CT molecular complexity index is 830. The van der Waals surface area contributed by atoms with Crippen LogP contribution in [0, 0.1) is 0 Å². The molecule has 3 heterocycles. The first-order valence-electron chi connectivity index (χ1n) is 7.69. The second-order valence-corrected chi connectivity index (χ2v) is 6.83. The van der Waals surface area contributed by atoms with E-state index in [4.69, 9.17) is 0 Å². The highest BCUT2D eigenvalue weighted by molar-refractivity contribution is 7.99. The molecule has 1 unspecified atom stereocenters. The molecule has 4 rings (SSSR count). The molecule has 1 atom stereocenters. The van der Waals surface area contributed by atoms with E-state index in [1.807, 2.05) is 47.1 Å². The number of para-hydroxylation sites is 1. The Hall–Kier alpha value is -2.27. The molecule has 3 aromatic rings. The first-order valence-corrected chi connectivity index (χ1v) is 8.74. The summed E-state index contributed by atoms with van der Waals surface area (Å²) in [4.78, 5) is 21.9. The lowest BCUT2D eigenvalue weighted by Crippen LogP contribution is -2.36. The van der Waals surface area contributed by atoms with Gasteiger partial charge in [0.15, 0.2) is 0 Å². The van der Waals surface area contributed by atoms with Crippen LogP contribution in [0.1, 0.15) is 22.9 Å². The third-order valence-electron chi connectivity index (χ3n) is 4.18. The molecule has 1 amide bonds. The third-order valence-corrected chi connectivity index (χ3v) is 5.45. The number of benzene rings is 1. The van der Waals surface area contributed by atoms with Gasteiger partial charge in [-0.15, -0.1) is 11.8 Å². The first kappa shape index (κ1) is 14.3. The molecule has 1 aliphatic rings. The number of fused-ring (bicyclic) bond motifs is 1. The fraction of sp³-hybridized carbons (Fsp3) is 0.222. The third kappa shape index (κ3) is 2.72. The van der Waals surface area contributed by atoms with E-state index < -0.39 is 0 Å². The van der Waals surface area contributed by atoms with Crippen molar-refractivity contribution < 1.29 is 4.79 Å². The maximum absolute atomic E-state index is 12.5. The topological polar surface area (TPSA) is 49.0 Å². The maximum atomic E-state index is 12.5. The number of carbonyl (C=O) groups excluding carboxylic acids is 1. The summed E-state index contributed by atoms with van der Waals surface area (Å²) in [5.41, 5.74) is 3.42. The van der Waals surface area contributed by atoms with Gasteiger partial charge in [-0.3, -0.25) is 9.78 Å². The highest BCUT2D eigenvalue weighted by atomic mass is 32.2. The van der Waals surface area contributed by atoms with Crippen molar-refractivity contribution in [2.75, 3.05) is 5.75 Å². The monoisotopic (exact) mass is 323 g/mol. The molecule has 0 spiro atoms. The smallest absolute Gasteiger partial charge is 0.224 e. The van der Waals surface area contributed by atoms with Crippen molar-refractivity contribution >= 4 is 28.6 Å². The van der Waals surface area contributed by atoms with Gasteiger partial charge >= 0.3 is 0 Å². The van der Waals surface area contributed by atoms with E-state index in [9.17, 15) is 4.79 Å². The zero-order valence-electron chi connectivity index (χ0n) is 12.6. The van der Waals surface area contributed by atoms with Crippen molar-refractivity contribution in [2.45, 2.75) is 18.3 Å². The predicted octanol–water partition coefficient (Wildman–Crippen LogP) is 3.73. The molecule has 2 aromatic heterocycles. The second kappa shape index (κ2) is 6.08. The molecule has 0 radical (unpaired) electrons. The molecule has 1 fully saturated rings. The first-order chi connectivity index (χ1) is 11.3. The molecule has 0 saturated carbocycles. The molecular formula is C18H17N3OS. The number of nitrogens with one attached hydrogen (secondary N) is 1. The lowest BCUT2D eigenvalue weighted by Gasteiger charge is -2.35. The summed E-state index contributed by atoms with van der Waals surface area (Å²) in [6.07, 6.45) is 6.20. The molecule has 4 nitrogen and oxygen atoms in total. The number of hydrogen-bond donors (Lipinski definition) is 1. The molecule has 0 bridgehead atoms. The van der Waals surface area contributed by atoms with Crippen molar-refractivity contribution in [1.82, 2.24) is 14.9 Å². The van der Waals surface area contributed by atoms with Crippen LogP contribution in [0.15, 0.2) is 55.0 Å². The van der Waals surface area contributed by atoms with Crippen LogP contribution in [-0.4, -0.2) is 26.5 Å². The zero-order valence-corrected chi connectivity index (χ0v) is 13.4. The fourth-order valence-corrected chi connectivity index (χ4v) is 4.30. The van der Waals surface area contributed by atoms with Crippen LogP contribution in [0.2, 0.25) is 0 Å². The Morgan fingerprint density at radius 1 is 1.22 bits per heavy atom. The molecule has 1 aromatic carbocycles. The Morgan fingerprint density at radius 3 is 2.91 bits per heavy atom. The minimum Gasteiger partial charge on any atom is -0.361 e. The van der Waals surface area contributed by atoms with E-state index >= 15 is 0 Å². The molecule has 23 heavy (non-hydrogen) atoms. The maximum Gasteiger partial charge on any atom is 0.224 e. The number of hydrogen-bond acceptors (Lipinski definition) is 3. The molecule has 1 N–H and O–H groups in total. The Balaban J connectivity index is 1.71. The lowest BCUT2D eigenvalue weighted by atomic mass is 10.1. The van der Waals surface area contributed by atoms with Gasteiger partial charge in [0, 0.05) is 53.8 Å². The lowest BCUT2D eigenvalue weighted by molar-refractivity contribution is -0.132. The van der Waals surface area contributed by atoms with Gasteiger partial charge in [-0.25, -0.2) is 0 Å². The number of aromatic nitrogens is 2. The number of carbonyl (C=O) groups is 1. The Labute approximate surface area is 138 Å². The van der Waals surface area contributed by atoms with Gasteiger partial charge in [-0.1, -0.05) is 18.2 Å². The number of aromatic amines is 1. The molecule has 1 saturated heterocycles.